The van der Waals surface area contributed by atoms with Crippen molar-refractivity contribution in [2.45, 2.75) is 36.1 Å². The van der Waals surface area contributed by atoms with E-state index in [9.17, 15) is 39.6 Å². The molecule has 4 rings (SSSR count). The number of aromatic nitrogens is 1. The molecule has 1 aromatic heterocycles. The number of nitrogens with zero attached hydrogens (tertiary/aromatic N) is 3. The van der Waals surface area contributed by atoms with E-state index in [1.807, 2.05) is 30.3 Å². The Balaban J connectivity index is 0.000000532. The summed E-state index contributed by atoms with van der Waals surface area (Å²) in [5.74, 6) is -2.76. The number of pyridine rings is 1. The number of hydrogen-bond donors (Lipinski definition) is 1. The first-order valence-corrected chi connectivity index (χ1v) is 12.5. The van der Waals surface area contributed by atoms with Gasteiger partial charge in [-0.2, -0.15) is 26.3 Å². The SMILES string of the molecule is C[C@H]1C(=S)N(c2ccc(S(=O)(=O)C(F)(F)F)cc2)C(=O)N1Cc1ccnc2ccccc12.O=C(O)C(F)(F)F. The number of fused-ring (bicyclic) bond motifs is 1. The van der Waals surface area contributed by atoms with Gasteiger partial charge in [0.1, 0.15) is 4.99 Å². The molecule has 1 atom stereocenters. The Morgan fingerprint density at radius 3 is 2.13 bits per heavy atom. The number of hydrogen-bond acceptors (Lipinski definition) is 6. The maximum Gasteiger partial charge on any atom is 0.501 e. The van der Waals surface area contributed by atoms with Crippen molar-refractivity contribution in [1.29, 1.82) is 0 Å². The van der Waals surface area contributed by atoms with Gasteiger partial charge in [-0.15, -0.1) is 0 Å². The molecule has 208 valence electrons. The lowest BCUT2D eigenvalue weighted by Crippen LogP contribution is -2.33. The van der Waals surface area contributed by atoms with Crippen LogP contribution in [0, 0.1) is 0 Å². The first-order chi connectivity index (χ1) is 18.0. The molecule has 0 unspecified atom stereocenters. The molecule has 1 aliphatic rings. The molecule has 0 saturated carbocycles. The zero-order valence-electron chi connectivity index (χ0n) is 19.6. The number of urea groups is 1. The molecule has 0 bridgehead atoms. The number of halogens is 6. The molecule has 3 aromatic rings. The number of carboxylic acid groups (broad SMARTS) is 1. The van der Waals surface area contributed by atoms with E-state index in [0.717, 1.165) is 40.7 Å². The molecule has 1 fully saturated rings. The van der Waals surface area contributed by atoms with Crippen LogP contribution in [0.2, 0.25) is 0 Å². The number of sulfone groups is 1. The molecular formula is C23H17F6N3O5S2. The Morgan fingerprint density at radius 2 is 1.59 bits per heavy atom. The Morgan fingerprint density at radius 1 is 1.03 bits per heavy atom. The second-order valence-corrected chi connectivity index (χ2v) is 10.4. The van der Waals surface area contributed by atoms with E-state index in [4.69, 9.17) is 22.1 Å². The first-order valence-electron chi connectivity index (χ1n) is 10.7. The molecule has 0 aliphatic carbocycles. The zero-order chi connectivity index (χ0) is 29.3. The van der Waals surface area contributed by atoms with E-state index in [1.165, 1.54) is 4.90 Å². The van der Waals surface area contributed by atoms with Gasteiger partial charge in [0, 0.05) is 18.1 Å². The van der Waals surface area contributed by atoms with Crippen molar-refractivity contribution in [3.05, 3.63) is 66.4 Å². The van der Waals surface area contributed by atoms with Crippen LogP contribution in [-0.4, -0.2) is 58.1 Å². The number of carbonyl (C=O) groups excluding carboxylic acids is 1. The summed E-state index contributed by atoms with van der Waals surface area (Å²) in [6, 6.07) is 12.3. The van der Waals surface area contributed by atoms with Crippen molar-refractivity contribution in [2.24, 2.45) is 0 Å². The summed E-state index contributed by atoms with van der Waals surface area (Å²) >= 11 is 5.43. The normalized spacial score (nSPS) is 16.3. The number of carbonyl (C=O) groups is 2. The minimum atomic E-state index is -5.48. The Bertz CT molecular complexity index is 1520. The fourth-order valence-electron chi connectivity index (χ4n) is 3.54. The molecule has 0 radical (unpaired) electrons. The van der Waals surface area contributed by atoms with Crippen LogP contribution in [0.1, 0.15) is 12.5 Å². The van der Waals surface area contributed by atoms with Crippen molar-refractivity contribution in [3.8, 4) is 0 Å². The predicted octanol–water partition coefficient (Wildman–Crippen LogP) is 5.32. The van der Waals surface area contributed by atoms with Gasteiger partial charge in [-0.25, -0.2) is 18.0 Å². The first kappa shape index (κ1) is 29.8. The molecule has 16 heteroatoms. The van der Waals surface area contributed by atoms with Crippen LogP contribution in [0.3, 0.4) is 0 Å². The van der Waals surface area contributed by atoms with Crippen LogP contribution in [0.5, 0.6) is 0 Å². The number of anilines is 1. The molecular weight excluding hydrogens is 576 g/mol. The topological polar surface area (TPSA) is 108 Å². The van der Waals surface area contributed by atoms with E-state index in [0.29, 0.717) is 0 Å². The highest BCUT2D eigenvalue weighted by atomic mass is 32.2. The lowest BCUT2D eigenvalue weighted by Gasteiger charge is -2.21. The summed E-state index contributed by atoms with van der Waals surface area (Å²) in [7, 11) is -5.48. The number of rotatable bonds is 4. The van der Waals surface area contributed by atoms with E-state index < -0.39 is 44.5 Å². The van der Waals surface area contributed by atoms with Crippen LogP contribution in [0.4, 0.5) is 36.8 Å². The molecule has 1 saturated heterocycles. The van der Waals surface area contributed by atoms with Gasteiger partial charge >= 0.3 is 23.7 Å². The smallest absolute Gasteiger partial charge is 0.475 e. The van der Waals surface area contributed by atoms with Crippen molar-refractivity contribution >= 4 is 55.6 Å². The summed E-state index contributed by atoms with van der Waals surface area (Å²) in [6.45, 7) is 2.01. The summed E-state index contributed by atoms with van der Waals surface area (Å²) in [6.07, 6.45) is -3.43. The summed E-state index contributed by atoms with van der Waals surface area (Å²) in [5.41, 5.74) is -3.57. The standard InChI is InChI=1S/C21H16F3N3O3S2.C2HF3O2/c1-13-19(31)27(15-6-8-16(9-7-15)32(29,30)21(22,23)24)20(28)26(13)12-14-10-11-25-18-5-3-2-4-17(14)18;3-2(4,5)1(6)7/h2-11,13H,12H2,1H3;(H,6,7)/t13-;/m0./s1. The van der Waals surface area contributed by atoms with Gasteiger partial charge in [0.25, 0.3) is 9.84 Å². The lowest BCUT2D eigenvalue weighted by molar-refractivity contribution is -0.192. The van der Waals surface area contributed by atoms with E-state index in [-0.39, 0.29) is 17.2 Å². The Labute approximate surface area is 222 Å². The number of benzene rings is 2. The van der Waals surface area contributed by atoms with Crippen LogP contribution in [0.15, 0.2) is 65.7 Å². The highest BCUT2D eigenvalue weighted by molar-refractivity contribution is 7.92. The average molecular weight is 594 g/mol. The number of para-hydroxylation sites is 1. The molecule has 8 nitrogen and oxygen atoms in total. The van der Waals surface area contributed by atoms with Gasteiger partial charge in [0.2, 0.25) is 0 Å². The number of thiocarbonyl (C=S) groups is 1. The van der Waals surface area contributed by atoms with Gasteiger partial charge in [0.05, 0.1) is 22.1 Å². The maximum atomic E-state index is 13.2. The fourth-order valence-corrected chi connectivity index (χ4v) is 4.61. The molecule has 1 aliphatic heterocycles. The lowest BCUT2D eigenvalue weighted by atomic mass is 10.1. The number of aliphatic carboxylic acids is 1. The van der Waals surface area contributed by atoms with Gasteiger partial charge < -0.3 is 10.0 Å². The largest absolute Gasteiger partial charge is 0.501 e. The Hall–Kier alpha value is -3.79. The predicted molar refractivity (Wildman–Crippen MR) is 131 cm³/mol. The molecule has 39 heavy (non-hydrogen) atoms. The molecule has 2 heterocycles. The summed E-state index contributed by atoms with van der Waals surface area (Å²) in [4.78, 5) is 28.5. The van der Waals surface area contributed by atoms with Crippen LogP contribution in [-0.2, 0) is 21.2 Å². The maximum absolute atomic E-state index is 13.2. The van der Waals surface area contributed by atoms with Crippen LogP contribution in [0.25, 0.3) is 10.9 Å². The van der Waals surface area contributed by atoms with Gasteiger partial charge in [-0.05, 0) is 48.9 Å². The van der Waals surface area contributed by atoms with Crippen molar-refractivity contribution in [1.82, 2.24) is 9.88 Å². The average Bonchev–Trinajstić information content (AvgIpc) is 3.06. The van der Waals surface area contributed by atoms with Crippen molar-refractivity contribution in [2.75, 3.05) is 4.90 Å². The molecule has 2 aromatic carbocycles. The Kier molecular flexibility index (Phi) is 8.21. The summed E-state index contributed by atoms with van der Waals surface area (Å²) < 4.78 is 93.2. The second-order valence-electron chi connectivity index (χ2n) is 7.99. The molecule has 1 N–H and O–H groups in total. The third-order valence-corrected chi connectivity index (χ3v) is 7.54. The van der Waals surface area contributed by atoms with E-state index in [2.05, 4.69) is 4.98 Å². The van der Waals surface area contributed by atoms with Crippen molar-refractivity contribution in [3.63, 3.8) is 0 Å². The minimum absolute atomic E-state index is 0.190. The number of amides is 2. The molecule has 0 spiro atoms. The highest BCUT2D eigenvalue weighted by Gasteiger charge is 2.47. The highest BCUT2D eigenvalue weighted by Crippen LogP contribution is 2.33. The second kappa shape index (κ2) is 10.8. The molecule has 2 amide bonds. The zero-order valence-corrected chi connectivity index (χ0v) is 21.2. The van der Waals surface area contributed by atoms with E-state index in [1.54, 1.807) is 18.0 Å². The quantitative estimate of drug-likeness (QED) is 0.322. The van der Waals surface area contributed by atoms with Crippen molar-refractivity contribution < 1.29 is 49.5 Å². The number of carboxylic acids is 1. The van der Waals surface area contributed by atoms with Gasteiger partial charge in [0.15, 0.2) is 0 Å². The minimum Gasteiger partial charge on any atom is -0.475 e. The van der Waals surface area contributed by atoms with Gasteiger partial charge in [-0.3, -0.25) is 9.88 Å². The van der Waals surface area contributed by atoms with E-state index >= 15 is 0 Å². The van der Waals surface area contributed by atoms with Crippen LogP contribution >= 0.6 is 12.2 Å². The van der Waals surface area contributed by atoms with Gasteiger partial charge in [-0.1, -0.05) is 30.4 Å². The van der Waals surface area contributed by atoms with Crippen LogP contribution < -0.4 is 4.90 Å². The third kappa shape index (κ3) is 6.11. The monoisotopic (exact) mass is 593 g/mol. The number of alkyl halides is 6. The third-order valence-electron chi connectivity index (χ3n) is 5.51. The summed E-state index contributed by atoms with van der Waals surface area (Å²) in [5, 5.41) is 8.01. The fraction of sp³-hybridized carbons (Fsp3) is 0.217.